The maximum Gasteiger partial charge on any atom is 0.226 e. The molecule has 3 heterocycles. The molecular weight excluding hydrogens is 396 g/mol. The molecule has 1 N–H and O–H groups in total. The van der Waals surface area contributed by atoms with Gasteiger partial charge in [0.1, 0.15) is 18.1 Å². The Morgan fingerprint density at radius 2 is 2.15 bits per heavy atom. The third-order valence-corrected chi connectivity index (χ3v) is 5.46. The molecule has 1 aromatic carbocycles. The van der Waals surface area contributed by atoms with Gasteiger partial charge in [-0.05, 0) is 36.2 Å². The summed E-state index contributed by atoms with van der Waals surface area (Å²) in [7, 11) is 0. The van der Waals surface area contributed by atoms with Crippen LogP contribution in [-0.2, 0) is 4.79 Å². The number of rotatable bonds is 2. The molecule has 0 spiro atoms. The van der Waals surface area contributed by atoms with Gasteiger partial charge in [-0.1, -0.05) is 28.1 Å². The van der Waals surface area contributed by atoms with E-state index in [0.29, 0.717) is 18.8 Å². The Kier molecular flexibility index (Phi) is 3.56. The lowest BCUT2D eigenvalue weighted by Gasteiger charge is -2.34. The molecule has 2 aliphatic rings. The first-order valence-corrected chi connectivity index (χ1v) is 9.21. The highest BCUT2D eigenvalue weighted by Gasteiger charge is 2.39. The summed E-state index contributed by atoms with van der Waals surface area (Å²) < 4.78 is 8.29. The maximum atomic E-state index is 13.1. The Morgan fingerprint density at radius 1 is 1.23 bits per heavy atom. The standard InChI is InChI=1S/C19H15BrN4O2/c20-13-4-1-3-11(7-13)18-17-14(23-19-21-10-22-24(18)19)8-12(9-15(17)25)16-5-2-6-26-16/h1-7,10,12,18H,8-9H2,(H,21,22,23)/t12-,18+/m0/s1. The van der Waals surface area contributed by atoms with Crippen LogP contribution in [0.1, 0.15) is 36.1 Å². The number of furan rings is 1. The lowest BCUT2D eigenvalue weighted by molar-refractivity contribution is -0.117. The fourth-order valence-corrected chi connectivity index (χ4v) is 4.28. The van der Waals surface area contributed by atoms with Gasteiger partial charge in [0.05, 0.1) is 6.26 Å². The van der Waals surface area contributed by atoms with Gasteiger partial charge < -0.3 is 9.73 Å². The number of carbonyl (C=O) groups excluding carboxylic acids is 1. The number of benzene rings is 1. The summed E-state index contributed by atoms with van der Waals surface area (Å²) in [6.07, 6.45) is 4.31. The van der Waals surface area contributed by atoms with E-state index in [2.05, 4.69) is 31.3 Å². The summed E-state index contributed by atoms with van der Waals surface area (Å²) in [6, 6.07) is 11.5. The van der Waals surface area contributed by atoms with Crippen LogP contribution in [0, 0.1) is 0 Å². The summed E-state index contributed by atoms with van der Waals surface area (Å²) in [5.74, 6) is 1.66. The maximum absolute atomic E-state index is 13.1. The molecule has 0 unspecified atom stereocenters. The van der Waals surface area contributed by atoms with Crippen molar-refractivity contribution in [2.45, 2.75) is 24.8 Å². The number of carbonyl (C=O) groups is 1. The predicted octanol–water partition coefficient (Wildman–Crippen LogP) is 4.05. The first kappa shape index (κ1) is 15.6. The van der Waals surface area contributed by atoms with Crippen LogP contribution in [0.15, 0.2) is 69.1 Å². The van der Waals surface area contributed by atoms with Crippen LogP contribution in [0.3, 0.4) is 0 Å². The summed E-state index contributed by atoms with van der Waals surface area (Å²) >= 11 is 3.52. The number of fused-ring (bicyclic) bond motifs is 1. The van der Waals surface area contributed by atoms with Crippen LogP contribution < -0.4 is 5.32 Å². The minimum Gasteiger partial charge on any atom is -0.469 e. The fraction of sp³-hybridized carbons (Fsp3) is 0.211. The van der Waals surface area contributed by atoms with E-state index in [-0.39, 0.29) is 17.7 Å². The average Bonchev–Trinajstić information content (AvgIpc) is 3.31. The van der Waals surface area contributed by atoms with Crippen molar-refractivity contribution in [3.05, 3.63) is 76.1 Å². The van der Waals surface area contributed by atoms with Crippen molar-refractivity contribution in [3.63, 3.8) is 0 Å². The number of nitrogens with zero attached hydrogens (tertiary/aromatic N) is 3. The van der Waals surface area contributed by atoms with Gasteiger partial charge >= 0.3 is 0 Å². The molecule has 0 saturated heterocycles. The van der Waals surface area contributed by atoms with Crippen molar-refractivity contribution < 1.29 is 9.21 Å². The van der Waals surface area contributed by atoms with Crippen LogP contribution in [0.25, 0.3) is 0 Å². The van der Waals surface area contributed by atoms with Crippen molar-refractivity contribution in [2.24, 2.45) is 0 Å². The second-order valence-corrected chi connectivity index (χ2v) is 7.46. The molecule has 7 heteroatoms. The zero-order chi connectivity index (χ0) is 17.7. The molecule has 0 bridgehead atoms. The predicted molar refractivity (Wildman–Crippen MR) is 98.6 cm³/mol. The van der Waals surface area contributed by atoms with Crippen LogP contribution in [-0.4, -0.2) is 20.5 Å². The highest BCUT2D eigenvalue weighted by molar-refractivity contribution is 9.10. The van der Waals surface area contributed by atoms with E-state index in [9.17, 15) is 4.79 Å². The number of aromatic nitrogens is 3. The van der Waals surface area contributed by atoms with E-state index < -0.39 is 0 Å². The molecule has 3 aromatic rings. The molecule has 2 aromatic heterocycles. The van der Waals surface area contributed by atoms with Crippen LogP contribution in [0.5, 0.6) is 0 Å². The number of anilines is 1. The molecule has 0 amide bonds. The SMILES string of the molecule is O=C1C[C@@H](c2ccco2)CC2=C1[C@@H](c1cccc(Br)c1)n1ncnc1N2. The number of halogens is 1. The highest BCUT2D eigenvalue weighted by Crippen LogP contribution is 2.44. The van der Waals surface area contributed by atoms with Gasteiger partial charge in [-0.25, -0.2) is 4.68 Å². The molecule has 130 valence electrons. The lowest BCUT2D eigenvalue weighted by Crippen LogP contribution is -2.33. The summed E-state index contributed by atoms with van der Waals surface area (Å²) in [5, 5.41) is 7.67. The number of allylic oxidation sites excluding steroid dienone is 2. The van der Waals surface area contributed by atoms with Gasteiger partial charge in [0, 0.05) is 28.1 Å². The minimum absolute atomic E-state index is 0.0429. The van der Waals surface area contributed by atoms with Crippen LogP contribution in [0.2, 0.25) is 0 Å². The van der Waals surface area contributed by atoms with Gasteiger partial charge in [-0.2, -0.15) is 10.1 Å². The van der Waals surface area contributed by atoms with Crippen molar-refractivity contribution in [1.29, 1.82) is 0 Å². The lowest BCUT2D eigenvalue weighted by atomic mass is 9.79. The number of nitrogens with one attached hydrogen (secondary N) is 1. The molecular formula is C19H15BrN4O2. The first-order chi connectivity index (χ1) is 12.7. The Bertz CT molecular complexity index is 1020. The number of hydrogen-bond donors (Lipinski definition) is 1. The van der Waals surface area contributed by atoms with E-state index >= 15 is 0 Å². The van der Waals surface area contributed by atoms with Crippen molar-refractivity contribution in [2.75, 3.05) is 5.32 Å². The molecule has 6 nitrogen and oxygen atoms in total. The van der Waals surface area contributed by atoms with Crippen molar-refractivity contribution >= 4 is 27.7 Å². The largest absolute Gasteiger partial charge is 0.469 e. The minimum atomic E-state index is -0.272. The summed E-state index contributed by atoms with van der Waals surface area (Å²) in [6.45, 7) is 0. The zero-order valence-corrected chi connectivity index (χ0v) is 15.3. The van der Waals surface area contributed by atoms with Gasteiger partial charge in [0.15, 0.2) is 5.78 Å². The molecule has 0 fully saturated rings. The monoisotopic (exact) mass is 410 g/mol. The van der Waals surface area contributed by atoms with Gasteiger partial charge in [-0.15, -0.1) is 0 Å². The molecule has 2 atom stereocenters. The Hall–Kier alpha value is -2.67. The van der Waals surface area contributed by atoms with Crippen LogP contribution in [0.4, 0.5) is 5.95 Å². The van der Waals surface area contributed by atoms with E-state index in [0.717, 1.165) is 27.1 Å². The third-order valence-electron chi connectivity index (χ3n) is 4.97. The first-order valence-electron chi connectivity index (χ1n) is 8.42. The van der Waals surface area contributed by atoms with Crippen LogP contribution >= 0.6 is 15.9 Å². The topological polar surface area (TPSA) is 73.0 Å². The van der Waals surface area contributed by atoms with E-state index in [1.807, 2.05) is 36.4 Å². The number of Topliss-reactive ketones (excluding diaryl/α,β-unsaturated/α-hetero) is 1. The normalized spacial score (nSPS) is 22.0. The zero-order valence-electron chi connectivity index (χ0n) is 13.7. The molecule has 5 rings (SSSR count). The van der Waals surface area contributed by atoms with Gasteiger partial charge in [0.2, 0.25) is 5.95 Å². The van der Waals surface area contributed by atoms with Gasteiger partial charge in [-0.3, -0.25) is 4.79 Å². The van der Waals surface area contributed by atoms with E-state index in [4.69, 9.17) is 4.42 Å². The average molecular weight is 411 g/mol. The molecule has 0 radical (unpaired) electrons. The van der Waals surface area contributed by atoms with Gasteiger partial charge in [0.25, 0.3) is 0 Å². The third kappa shape index (κ3) is 2.42. The second-order valence-electron chi connectivity index (χ2n) is 6.55. The number of ketones is 1. The van der Waals surface area contributed by atoms with Crippen molar-refractivity contribution in [3.8, 4) is 0 Å². The van der Waals surface area contributed by atoms with Crippen molar-refractivity contribution in [1.82, 2.24) is 14.8 Å². The smallest absolute Gasteiger partial charge is 0.226 e. The Balaban J connectivity index is 1.63. The summed E-state index contributed by atoms with van der Waals surface area (Å²) in [4.78, 5) is 17.4. The Labute approximate surface area is 158 Å². The Morgan fingerprint density at radius 3 is 2.96 bits per heavy atom. The molecule has 26 heavy (non-hydrogen) atoms. The second kappa shape index (κ2) is 5.95. The summed E-state index contributed by atoms with van der Waals surface area (Å²) in [5.41, 5.74) is 2.68. The quantitative estimate of drug-likeness (QED) is 0.689. The number of hydrogen-bond acceptors (Lipinski definition) is 5. The molecule has 1 aliphatic heterocycles. The van der Waals surface area contributed by atoms with E-state index in [1.165, 1.54) is 6.33 Å². The van der Waals surface area contributed by atoms with E-state index in [1.54, 1.807) is 10.9 Å². The molecule has 1 aliphatic carbocycles. The molecule has 0 saturated carbocycles. The highest BCUT2D eigenvalue weighted by atomic mass is 79.9. The fourth-order valence-electron chi connectivity index (χ4n) is 3.86.